The standard InChI is InChI=1S/C21H18ClFN4O2/c22-16-7-4-8-17(23)15(16)13-26-9-10-27-19(21(26)29)11-18(25-27)20(28)24-12-14-5-2-1-3-6-14/h1-8,11H,9-10,12-13H2,(H,24,28). The van der Waals surface area contributed by atoms with E-state index in [4.69, 9.17) is 11.6 Å². The number of hydrogen-bond acceptors (Lipinski definition) is 3. The molecule has 2 aromatic carbocycles. The highest BCUT2D eigenvalue weighted by molar-refractivity contribution is 6.31. The molecule has 8 heteroatoms. The number of fused-ring (bicyclic) bond motifs is 1. The summed E-state index contributed by atoms with van der Waals surface area (Å²) < 4.78 is 15.6. The van der Waals surface area contributed by atoms with Crippen LogP contribution in [0.5, 0.6) is 0 Å². The van der Waals surface area contributed by atoms with Crippen LogP contribution < -0.4 is 5.32 Å². The summed E-state index contributed by atoms with van der Waals surface area (Å²) in [6.07, 6.45) is 0. The van der Waals surface area contributed by atoms with Crippen molar-refractivity contribution < 1.29 is 14.0 Å². The number of benzene rings is 2. The van der Waals surface area contributed by atoms with E-state index in [9.17, 15) is 14.0 Å². The van der Waals surface area contributed by atoms with E-state index in [2.05, 4.69) is 10.4 Å². The summed E-state index contributed by atoms with van der Waals surface area (Å²) in [5, 5.41) is 7.32. The van der Waals surface area contributed by atoms with Crippen LogP contribution in [0.4, 0.5) is 4.39 Å². The molecular formula is C21H18ClFN4O2. The first-order valence-electron chi connectivity index (χ1n) is 9.15. The smallest absolute Gasteiger partial charge is 0.272 e. The lowest BCUT2D eigenvalue weighted by Crippen LogP contribution is -2.40. The first-order chi connectivity index (χ1) is 14.0. The predicted octanol–water partition coefficient (Wildman–Crippen LogP) is 3.26. The monoisotopic (exact) mass is 412 g/mol. The highest BCUT2D eigenvalue weighted by Gasteiger charge is 2.29. The van der Waals surface area contributed by atoms with Crippen LogP contribution in [0.1, 0.15) is 32.1 Å². The third kappa shape index (κ3) is 4.00. The molecular weight excluding hydrogens is 395 g/mol. The number of nitrogens with zero attached hydrogens (tertiary/aromatic N) is 3. The minimum Gasteiger partial charge on any atom is -0.347 e. The quantitative estimate of drug-likeness (QED) is 0.699. The largest absolute Gasteiger partial charge is 0.347 e. The molecule has 0 atom stereocenters. The van der Waals surface area contributed by atoms with Crippen LogP contribution in [0.2, 0.25) is 5.02 Å². The highest BCUT2D eigenvalue weighted by atomic mass is 35.5. The predicted molar refractivity (Wildman–Crippen MR) is 106 cm³/mol. The van der Waals surface area contributed by atoms with Gasteiger partial charge in [-0.1, -0.05) is 48.0 Å². The summed E-state index contributed by atoms with van der Waals surface area (Å²) in [4.78, 5) is 26.8. The maximum Gasteiger partial charge on any atom is 0.272 e. The van der Waals surface area contributed by atoms with Gasteiger partial charge >= 0.3 is 0 Å². The van der Waals surface area contributed by atoms with Crippen LogP contribution in [0.3, 0.4) is 0 Å². The van der Waals surface area contributed by atoms with E-state index < -0.39 is 5.82 Å². The number of nitrogens with one attached hydrogen (secondary N) is 1. The van der Waals surface area contributed by atoms with Crippen molar-refractivity contribution in [2.45, 2.75) is 19.6 Å². The van der Waals surface area contributed by atoms with Gasteiger partial charge in [-0.25, -0.2) is 4.39 Å². The molecule has 2 heterocycles. The van der Waals surface area contributed by atoms with Gasteiger partial charge in [0, 0.05) is 29.7 Å². The molecule has 0 radical (unpaired) electrons. The summed E-state index contributed by atoms with van der Waals surface area (Å²) >= 11 is 6.08. The average Bonchev–Trinajstić information content (AvgIpc) is 3.17. The molecule has 3 aromatic rings. The Bertz CT molecular complexity index is 1050. The Morgan fingerprint density at radius 3 is 2.69 bits per heavy atom. The zero-order valence-corrected chi connectivity index (χ0v) is 16.2. The third-order valence-electron chi connectivity index (χ3n) is 4.81. The normalized spacial score (nSPS) is 13.3. The van der Waals surface area contributed by atoms with Crippen molar-refractivity contribution in [1.82, 2.24) is 20.0 Å². The van der Waals surface area contributed by atoms with E-state index >= 15 is 0 Å². The van der Waals surface area contributed by atoms with Crippen LogP contribution in [0.25, 0.3) is 0 Å². The van der Waals surface area contributed by atoms with Crippen molar-refractivity contribution in [2.24, 2.45) is 0 Å². The molecule has 2 amide bonds. The molecule has 29 heavy (non-hydrogen) atoms. The fourth-order valence-electron chi connectivity index (χ4n) is 3.24. The first kappa shape index (κ1) is 19.1. The Balaban J connectivity index is 1.47. The Hall–Kier alpha value is -3.19. The number of halogens is 2. The van der Waals surface area contributed by atoms with E-state index in [1.54, 1.807) is 6.07 Å². The summed E-state index contributed by atoms with van der Waals surface area (Å²) in [7, 11) is 0. The van der Waals surface area contributed by atoms with E-state index in [-0.39, 0.29) is 34.6 Å². The molecule has 0 spiro atoms. The SMILES string of the molecule is O=C(NCc1ccccc1)c1cc2n(n1)CCN(Cc1c(F)cccc1Cl)C2=O. The molecule has 1 aromatic heterocycles. The molecule has 4 rings (SSSR count). The Kier molecular flexibility index (Phi) is 5.31. The van der Waals surface area contributed by atoms with E-state index in [0.717, 1.165) is 5.56 Å². The van der Waals surface area contributed by atoms with Crippen LogP contribution >= 0.6 is 11.6 Å². The van der Waals surface area contributed by atoms with Gasteiger partial charge in [0.2, 0.25) is 0 Å². The van der Waals surface area contributed by atoms with Gasteiger partial charge in [0.25, 0.3) is 11.8 Å². The van der Waals surface area contributed by atoms with Crippen molar-refractivity contribution in [3.8, 4) is 0 Å². The molecule has 1 N–H and O–H groups in total. The van der Waals surface area contributed by atoms with Crippen molar-refractivity contribution >= 4 is 23.4 Å². The van der Waals surface area contributed by atoms with Crippen molar-refractivity contribution in [3.05, 3.63) is 88.0 Å². The van der Waals surface area contributed by atoms with Crippen molar-refractivity contribution in [2.75, 3.05) is 6.54 Å². The second kappa shape index (κ2) is 8.05. The Morgan fingerprint density at radius 1 is 1.14 bits per heavy atom. The number of rotatable bonds is 5. The van der Waals surface area contributed by atoms with Crippen LogP contribution in [0, 0.1) is 5.82 Å². The number of carbonyl (C=O) groups excluding carboxylic acids is 2. The maximum atomic E-state index is 14.1. The average molecular weight is 413 g/mol. The second-order valence-corrected chi connectivity index (χ2v) is 7.14. The lowest BCUT2D eigenvalue weighted by atomic mass is 10.1. The lowest BCUT2D eigenvalue weighted by Gasteiger charge is -2.27. The molecule has 148 valence electrons. The summed E-state index contributed by atoms with van der Waals surface area (Å²) in [5.74, 6) is -1.12. The molecule has 0 saturated heterocycles. The molecule has 1 aliphatic heterocycles. The molecule has 1 aliphatic rings. The third-order valence-corrected chi connectivity index (χ3v) is 5.16. The number of aromatic nitrogens is 2. The highest BCUT2D eigenvalue weighted by Crippen LogP contribution is 2.23. The van der Waals surface area contributed by atoms with Crippen LogP contribution in [-0.4, -0.2) is 33.0 Å². The van der Waals surface area contributed by atoms with E-state index in [0.29, 0.717) is 25.3 Å². The van der Waals surface area contributed by atoms with Crippen molar-refractivity contribution in [1.29, 1.82) is 0 Å². The van der Waals surface area contributed by atoms with Gasteiger partial charge in [-0.15, -0.1) is 0 Å². The van der Waals surface area contributed by atoms with Gasteiger partial charge in [0.05, 0.1) is 13.1 Å². The van der Waals surface area contributed by atoms with Gasteiger partial charge < -0.3 is 10.2 Å². The Labute approximate surface area is 171 Å². The second-order valence-electron chi connectivity index (χ2n) is 6.73. The van der Waals surface area contributed by atoms with E-state index in [1.807, 2.05) is 30.3 Å². The fraction of sp³-hybridized carbons (Fsp3) is 0.190. The lowest BCUT2D eigenvalue weighted by molar-refractivity contribution is 0.0681. The fourth-order valence-corrected chi connectivity index (χ4v) is 3.47. The molecule has 0 aliphatic carbocycles. The van der Waals surface area contributed by atoms with Gasteiger partial charge in [-0.3, -0.25) is 14.3 Å². The van der Waals surface area contributed by atoms with Crippen molar-refractivity contribution in [3.63, 3.8) is 0 Å². The minimum absolute atomic E-state index is 0.0606. The van der Waals surface area contributed by atoms with Gasteiger partial charge in [0.15, 0.2) is 5.69 Å². The summed E-state index contributed by atoms with van der Waals surface area (Å²) in [6.45, 7) is 1.20. The van der Waals surface area contributed by atoms with Gasteiger partial charge in [-0.2, -0.15) is 5.10 Å². The Morgan fingerprint density at radius 2 is 1.93 bits per heavy atom. The maximum absolute atomic E-state index is 14.1. The molecule has 6 nitrogen and oxygen atoms in total. The molecule has 0 bridgehead atoms. The van der Waals surface area contributed by atoms with Gasteiger partial charge in [0.1, 0.15) is 11.5 Å². The van der Waals surface area contributed by atoms with E-state index in [1.165, 1.54) is 27.8 Å². The number of hydrogen-bond donors (Lipinski definition) is 1. The number of amides is 2. The van der Waals surface area contributed by atoms with Crippen LogP contribution in [-0.2, 0) is 19.6 Å². The zero-order chi connectivity index (χ0) is 20.4. The molecule has 0 saturated carbocycles. The minimum atomic E-state index is -0.453. The molecule has 0 fully saturated rings. The first-order valence-corrected chi connectivity index (χ1v) is 9.53. The summed E-state index contributed by atoms with van der Waals surface area (Å²) in [6, 6.07) is 15.4. The zero-order valence-electron chi connectivity index (χ0n) is 15.4. The van der Waals surface area contributed by atoms with Crippen LogP contribution in [0.15, 0.2) is 54.6 Å². The molecule has 0 unspecified atom stereocenters. The topological polar surface area (TPSA) is 67.2 Å². The number of carbonyl (C=O) groups is 2. The summed E-state index contributed by atoms with van der Waals surface area (Å²) in [5.41, 5.74) is 1.72. The van der Waals surface area contributed by atoms with Gasteiger partial charge in [-0.05, 0) is 17.7 Å².